The predicted molar refractivity (Wildman–Crippen MR) is 103 cm³/mol. The summed E-state index contributed by atoms with van der Waals surface area (Å²) in [6, 6.07) is 11.8. The van der Waals surface area contributed by atoms with Crippen molar-refractivity contribution in [1.29, 1.82) is 0 Å². The van der Waals surface area contributed by atoms with Crippen molar-refractivity contribution in [3.63, 3.8) is 0 Å². The van der Waals surface area contributed by atoms with Crippen LogP contribution in [0, 0.1) is 5.82 Å². The van der Waals surface area contributed by atoms with Gasteiger partial charge in [-0.25, -0.2) is 9.37 Å². The molecule has 1 amide bonds. The van der Waals surface area contributed by atoms with Crippen LogP contribution in [0.5, 0.6) is 0 Å². The number of anilines is 1. The molecule has 0 unspecified atom stereocenters. The van der Waals surface area contributed by atoms with Crippen molar-refractivity contribution in [2.24, 2.45) is 7.05 Å². The van der Waals surface area contributed by atoms with Crippen molar-refractivity contribution in [3.8, 4) is 11.3 Å². The van der Waals surface area contributed by atoms with E-state index in [4.69, 9.17) is 0 Å². The molecule has 0 radical (unpaired) electrons. The van der Waals surface area contributed by atoms with Crippen LogP contribution in [0.1, 0.15) is 15.9 Å². The topological polar surface area (TPSA) is 59.8 Å². The van der Waals surface area contributed by atoms with E-state index < -0.39 is 23.5 Å². The first-order valence-electron chi connectivity index (χ1n) is 8.81. The van der Waals surface area contributed by atoms with Crippen LogP contribution in [-0.2, 0) is 13.2 Å². The van der Waals surface area contributed by atoms with Crippen LogP contribution in [0.3, 0.4) is 0 Å². The van der Waals surface area contributed by atoms with Crippen molar-refractivity contribution in [2.45, 2.75) is 6.18 Å². The second-order valence-electron chi connectivity index (χ2n) is 6.54. The van der Waals surface area contributed by atoms with Crippen LogP contribution in [0.15, 0.2) is 60.8 Å². The number of aromatic nitrogens is 3. The number of benzene rings is 2. The van der Waals surface area contributed by atoms with Crippen molar-refractivity contribution in [1.82, 2.24) is 14.8 Å². The molecule has 152 valence electrons. The van der Waals surface area contributed by atoms with E-state index in [0.717, 1.165) is 6.07 Å². The van der Waals surface area contributed by atoms with Crippen molar-refractivity contribution in [2.75, 3.05) is 5.32 Å². The summed E-state index contributed by atoms with van der Waals surface area (Å²) in [5, 5.41) is 6.83. The number of halogens is 4. The van der Waals surface area contributed by atoms with Gasteiger partial charge in [-0.1, -0.05) is 30.3 Å². The van der Waals surface area contributed by atoms with Gasteiger partial charge in [-0.15, -0.1) is 0 Å². The van der Waals surface area contributed by atoms with Gasteiger partial charge in [0.2, 0.25) is 0 Å². The lowest BCUT2D eigenvalue weighted by Gasteiger charge is -2.14. The van der Waals surface area contributed by atoms with Crippen LogP contribution < -0.4 is 5.32 Å². The summed E-state index contributed by atoms with van der Waals surface area (Å²) in [7, 11) is 1.56. The average Bonchev–Trinajstić information content (AvgIpc) is 3.09. The lowest BCUT2D eigenvalue weighted by atomic mass is 10.0. The third kappa shape index (κ3) is 3.49. The minimum Gasteiger partial charge on any atom is -0.319 e. The first-order chi connectivity index (χ1) is 14.3. The molecule has 0 aliphatic carbocycles. The number of amides is 1. The lowest BCUT2D eigenvalue weighted by molar-refractivity contribution is -0.137. The largest absolute Gasteiger partial charge is 0.417 e. The highest BCUT2D eigenvalue weighted by Gasteiger charge is 2.34. The molecule has 0 spiro atoms. The molecule has 0 fully saturated rings. The summed E-state index contributed by atoms with van der Waals surface area (Å²) in [6.45, 7) is 0. The lowest BCUT2D eigenvalue weighted by Crippen LogP contribution is -2.14. The van der Waals surface area contributed by atoms with Crippen LogP contribution in [0.4, 0.5) is 23.2 Å². The Kier molecular flexibility index (Phi) is 4.73. The zero-order valence-corrected chi connectivity index (χ0v) is 15.5. The number of rotatable bonds is 3. The number of pyridine rings is 1. The Balaban J connectivity index is 1.88. The van der Waals surface area contributed by atoms with E-state index in [2.05, 4.69) is 15.4 Å². The summed E-state index contributed by atoms with van der Waals surface area (Å²) in [5.74, 6) is -1.32. The molecule has 0 aliphatic rings. The highest BCUT2D eigenvalue weighted by Crippen LogP contribution is 2.37. The molecular formula is C21H14F4N4O. The van der Waals surface area contributed by atoms with Crippen LogP contribution in [-0.4, -0.2) is 20.7 Å². The quantitative estimate of drug-likeness (QED) is 0.478. The van der Waals surface area contributed by atoms with E-state index >= 15 is 0 Å². The summed E-state index contributed by atoms with van der Waals surface area (Å²) < 4.78 is 55.8. The van der Waals surface area contributed by atoms with Gasteiger partial charge in [0, 0.05) is 12.6 Å². The molecule has 4 aromatic rings. The number of hydrogen-bond donors (Lipinski definition) is 1. The molecule has 0 aliphatic heterocycles. The van der Waals surface area contributed by atoms with Gasteiger partial charge in [0.15, 0.2) is 5.65 Å². The third-order valence-corrected chi connectivity index (χ3v) is 4.58. The predicted octanol–water partition coefficient (Wildman–Crippen LogP) is 5.05. The molecular weight excluding hydrogens is 400 g/mol. The molecule has 1 N–H and O–H groups in total. The van der Waals surface area contributed by atoms with Gasteiger partial charge < -0.3 is 5.32 Å². The SMILES string of the molecule is Cn1ncc2c(C(=O)Nc3ccccc3F)cc(-c3ccccc3C(F)(F)F)nc21. The summed E-state index contributed by atoms with van der Waals surface area (Å²) in [6.07, 6.45) is -3.21. The molecule has 0 saturated heterocycles. The van der Waals surface area contributed by atoms with E-state index in [1.807, 2.05) is 0 Å². The summed E-state index contributed by atoms with van der Waals surface area (Å²) in [4.78, 5) is 17.2. The Morgan fingerprint density at radius 1 is 1.07 bits per heavy atom. The highest BCUT2D eigenvalue weighted by atomic mass is 19.4. The Morgan fingerprint density at radius 3 is 2.50 bits per heavy atom. The number of alkyl halides is 3. The molecule has 0 saturated carbocycles. The molecule has 0 atom stereocenters. The molecule has 2 heterocycles. The average molecular weight is 414 g/mol. The fourth-order valence-corrected chi connectivity index (χ4v) is 3.15. The molecule has 2 aromatic carbocycles. The minimum absolute atomic E-state index is 0.0309. The van der Waals surface area contributed by atoms with Crippen molar-refractivity contribution in [3.05, 3.63) is 77.7 Å². The number of carbonyl (C=O) groups is 1. The summed E-state index contributed by atoms with van der Waals surface area (Å²) >= 11 is 0. The molecule has 4 rings (SSSR count). The third-order valence-electron chi connectivity index (χ3n) is 4.58. The molecule has 0 bridgehead atoms. The standard InChI is InChI=1S/C21H14F4N4O/c1-29-19-14(11-26-29)13(20(30)28-17-9-5-4-8-16(17)22)10-18(27-19)12-6-2-3-7-15(12)21(23,24)25/h2-11H,1H3,(H,28,30). The van der Waals surface area contributed by atoms with Crippen LogP contribution in [0.25, 0.3) is 22.3 Å². The zero-order valence-electron chi connectivity index (χ0n) is 15.5. The first-order valence-corrected chi connectivity index (χ1v) is 8.81. The van der Waals surface area contributed by atoms with E-state index in [1.54, 1.807) is 13.1 Å². The Morgan fingerprint density at radius 2 is 1.77 bits per heavy atom. The number of carbonyl (C=O) groups excluding carboxylic acids is 1. The number of fused-ring (bicyclic) bond motifs is 1. The maximum Gasteiger partial charge on any atom is 0.417 e. The minimum atomic E-state index is -4.60. The molecule has 2 aromatic heterocycles. The first kappa shape index (κ1) is 19.6. The normalized spacial score (nSPS) is 11.6. The highest BCUT2D eigenvalue weighted by molar-refractivity contribution is 6.12. The van der Waals surface area contributed by atoms with E-state index in [9.17, 15) is 22.4 Å². The number of para-hydroxylation sites is 1. The Labute approximate surface area is 168 Å². The molecule has 9 heteroatoms. The Hall–Kier alpha value is -3.75. The maximum absolute atomic E-state index is 13.9. The van der Waals surface area contributed by atoms with E-state index in [0.29, 0.717) is 5.39 Å². The van der Waals surface area contributed by atoms with Gasteiger partial charge in [0.25, 0.3) is 5.91 Å². The smallest absolute Gasteiger partial charge is 0.319 e. The van der Waals surface area contributed by atoms with Crippen LogP contribution >= 0.6 is 0 Å². The molecule has 5 nitrogen and oxygen atoms in total. The maximum atomic E-state index is 13.9. The second-order valence-corrected chi connectivity index (χ2v) is 6.54. The zero-order chi connectivity index (χ0) is 21.5. The van der Waals surface area contributed by atoms with Gasteiger partial charge in [-0.3, -0.25) is 9.48 Å². The van der Waals surface area contributed by atoms with E-state index in [1.165, 1.54) is 53.3 Å². The molecule has 30 heavy (non-hydrogen) atoms. The number of nitrogens with zero attached hydrogens (tertiary/aromatic N) is 3. The van der Waals surface area contributed by atoms with Gasteiger partial charge in [0.05, 0.1) is 34.1 Å². The number of nitrogens with one attached hydrogen (secondary N) is 1. The number of hydrogen-bond acceptors (Lipinski definition) is 3. The monoisotopic (exact) mass is 414 g/mol. The fourth-order valence-electron chi connectivity index (χ4n) is 3.15. The van der Waals surface area contributed by atoms with Gasteiger partial charge in [0.1, 0.15) is 5.82 Å². The summed E-state index contributed by atoms with van der Waals surface area (Å²) in [5.41, 5.74) is -0.884. The van der Waals surface area contributed by atoms with Gasteiger partial charge >= 0.3 is 6.18 Å². The van der Waals surface area contributed by atoms with Gasteiger partial charge in [-0.05, 0) is 24.3 Å². The van der Waals surface area contributed by atoms with Crippen molar-refractivity contribution < 1.29 is 22.4 Å². The van der Waals surface area contributed by atoms with Crippen LogP contribution in [0.2, 0.25) is 0 Å². The fraction of sp³-hybridized carbons (Fsp3) is 0.0952. The Bertz CT molecular complexity index is 1260. The van der Waals surface area contributed by atoms with Crippen molar-refractivity contribution >= 4 is 22.6 Å². The van der Waals surface area contributed by atoms with E-state index in [-0.39, 0.29) is 28.2 Å². The number of aryl methyl sites for hydroxylation is 1. The second kappa shape index (κ2) is 7.25. The van der Waals surface area contributed by atoms with Gasteiger partial charge in [-0.2, -0.15) is 18.3 Å².